The van der Waals surface area contributed by atoms with Crippen LogP contribution < -0.4 is 0 Å². The summed E-state index contributed by atoms with van der Waals surface area (Å²) in [6.45, 7) is 0. The summed E-state index contributed by atoms with van der Waals surface area (Å²) < 4.78 is 33.5. The largest absolute Gasteiger partial charge is 0.469 e. The predicted molar refractivity (Wildman–Crippen MR) is 64.9 cm³/mol. The van der Waals surface area contributed by atoms with E-state index in [-0.39, 0.29) is 17.1 Å². The lowest BCUT2D eigenvalue weighted by atomic mass is 10.3. The van der Waals surface area contributed by atoms with Gasteiger partial charge in [0, 0.05) is 5.39 Å². The molecule has 0 fully saturated rings. The lowest BCUT2D eigenvalue weighted by molar-refractivity contribution is -0.140. The minimum atomic E-state index is -3.48. The molecule has 0 aliphatic heterocycles. The van der Waals surface area contributed by atoms with Crippen LogP contribution in [0, 0.1) is 0 Å². The fraction of sp³-hybridized carbons (Fsp3) is 0.250. The van der Waals surface area contributed by atoms with Gasteiger partial charge in [0.1, 0.15) is 5.58 Å². The van der Waals surface area contributed by atoms with Gasteiger partial charge in [0.25, 0.3) is 0 Å². The van der Waals surface area contributed by atoms with Crippen LogP contribution in [0.25, 0.3) is 11.0 Å². The van der Waals surface area contributed by atoms with Gasteiger partial charge in [-0.1, -0.05) is 0 Å². The van der Waals surface area contributed by atoms with Crippen molar-refractivity contribution in [1.82, 2.24) is 0 Å². The van der Waals surface area contributed by atoms with E-state index in [4.69, 9.17) is 4.42 Å². The van der Waals surface area contributed by atoms with Crippen LogP contribution in [0.15, 0.2) is 39.8 Å². The number of methoxy groups -OCH3 is 1. The van der Waals surface area contributed by atoms with E-state index >= 15 is 0 Å². The zero-order valence-corrected chi connectivity index (χ0v) is 10.6. The Labute approximate surface area is 104 Å². The van der Waals surface area contributed by atoms with Gasteiger partial charge < -0.3 is 9.15 Å². The summed E-state index contributed by atoms with van der Waals surface area (Å²) in [6, 6.07) is 6.29. The molecule has 0 aliphatic rings. The normalized spacial score (nSPS) is 11.6. The van der Waals surface area contributed by atoms with Crippen LogP contribution in [0.4, 0.5) is 0 Å². The standard InChI is InChI=1S/C12H12O5S/c1-16-12(13)5-7-18(14,15)10-2-3-11-9(8-10)4-6-17-11/h2-4,6,8H,5,7H2,1H3. The second-order valence-electron chi connectivity index (χ2n) is 3.77. The topological polar surface area (TPSA) is 73.6 Å². The molecule has 6 heteroatoms. The van der Waals surface area contributed by atoms with Crippen LogP contribution >= 0.6 is 0 Å². The molecule has 0 amide bonds. The summed E-state index contributed by atoms with van der Waals surface area (Å²) in [4.78, 5) is 11.1. The van der Waals surface area contributed by atoms with Crippen molar-refractivity contribution < 1.29 is 22.4 Å². The van der Waals surface area contributed by atoms with Gasteiger partial charge in [0.15, 0.2) is 9.84 Å². The number of rotatable bonds is 4. The summed E-state index contributed by atoms with van der Waals surface area (Å²) in [6.07, 6.45) is 1.35. The summed E-state index contributed by atoms with van der Waals surface area (Å²) >= 11 is 0. The van der Waals surface area contributed by atoms with E-state index in [1.807, 2.05) is 0 Å². The van der Waals surface area contributed by atoms with Crippen molar-refractivity contribution in [3.05, 3.63) is 30.5 Å². The third-order valence-electron chi connectivity index (χ3n) is 2.59. The number of fused-ring (bicyclic) bond motifs is 1. The van der Waals surface area contributed by atoms with E-state index in [1.54, 1.807) is 12.1 Å². The second kappa shape index (κ2) is 4.81. The van der Waals surface area contributed by atoms with Crippen molar-refractivity contribution in [3.8, 4) is 0 Å². The zero-order valence-electron chi connectivity index (χ0n) is 9.75. The molecule has 0 unspecified atom stereocenters. The lowest BCUT2D eigenvalue weighted by Gasteiger charge is -2.03. The van der Waals surface area contributed by atoms with Gasteiger partial charge in [-0.25, -0.2) is 8.42 Å². The van der Waals surface area contributed by atoms with E-state index in [0.29, 0.717) is 11.0 Å². The van der Waals surface area contributed by atoms with Gasteiger partial charge in [0.2, 0.25) is 0 Å². The van der Waals surface area contributed by atoms with Crippen molar-refractivity contribution >= 4 is 26.8 Å². The van der Waals surface area contributed by atoms with Gasteiger partial charge in [-0.3, -0.25) is 4.79 Å². The average Bonchev–Trinajstić information content (AvgIpc) is 2.83. The Morgan fingerprint density at radius 3 is 2.83 bits per heavy atom. The van der Waals surface area contributed by atoms with Gasteiger partial charge in [0.05, 0.1) is 30.4 Å². The molecule has 0 spiro atoms. The van der Waals surface area contributed by atoms with Crippen molar-refractivity contribution in [2.45, 2.75) is 11.3 Å². The van der Waals surface area contributed by atoms with Crippen molar-refractivity contribution in [2.24, 2.45) is 0 Å². The molecule has 0 saturated carbocycles. The molecule has 1 heterocycles. The molecule has 5 nitrogen and oxygen atoms in total. The van der Waals surface area contributed by atoms with E-state index in [9.17, 15) is 13.2 Å². The van der Waals surface area contributed by atoms with Crippen LogP contribution in [0.3, 0.4) is 0 Å². The number of hydrogen-bond acceptors (Lipinski definition) is 5. The Morgan fingerprint density at radius 2 is 2.11 bits per heavy atom. The Bertz CT molecular complexity index is 669. The van der Waals surface area contributed by atoms with E-state index < -0.39 is 15.8 Å². The Morgan fingerprint density at radius 1 is 1.33 bits per heavy atom. The van der Waals surface area contributed by atoms with Crippen molar-refractivity contribution in [2.75, 3.05) is 12.9 Å². The third kappa shape index (κ3) is 2.53. The molecule has 0 atom stereocenters. The maximum Gasteiger partial charge on any atom is 0.306 e. The van der Waals surface area contributed by atoms with E-state index in [0.717, 1.165) is 0 Å². The Hall–Kier alpha value is -1.82. The first-order chi connectivity index (χ1) is 8.53. The molecule has 0 bridgehead atoms. The average molecular weight is 268 g/mol. The molecule has 18 heavy (non-hydrogen) atoms. The number of carbonyl (C=O) groups is 1. The number of hydrogen-bond donors (Lipinski definition) is 0. The molecule has 0 saturated heterocycles. The first-order valence-corrected chi connectivity index (χ1v) is 6.95. The Kier molecular flexibility index (Phi) is 3.38. The van der Waals surface area contributed by atoms with E-state index in [1.165, 1.54) is 25.5 Å². The highest BCUT2D eigenvalue weighted by atomic mass is 32.2. The molecule has 1 aromatic carbocycles. The maximum absolute atomic E-state index is 12.0. The number of ether oxygens (including phenoxy) is 1. The monoisotopic (exact) mass is 268 g/mol. The van der Waals surface area contributed by atoms with E-state index in [2.05, 4.69) is 4.74 Å². The predicted octanol–water partition coefficient (Wildman–Crippen LogP) is 1.77. The quantitative estimate of drug-likeness (QED) is 0.790. The summed E-state index contributed by atoms with van der Waals surface area (Å²) in [5, 5.41) is 0.717. The number of carbonyl (C=O) groups excluding carboxylic acids is 1. The Balaban J connectivity index is 2.25. The minimum absolute atomic E-state index is 0.151. The molecular formula is C12H12O5S. The van der Waals surface area contributed by atoms with Gasteiger partial charge in [-0.2, -0.15) is 0 Å². The van der Waals surface area contributed by atoms with Crippen LogP contribution in [0.5, 0.6) is 0 Å². The first kappa shape index (κ1) is 12.6. The number of furan rings is 1. The molecule has 1 aromatic heterocycles. The molecule has 96 valence electrons. The smallest absolute Gasteiger partial charge is 0.306 e. The molecule has 2 aromatic rings. The lowest BCUT2D eigenvalue weighted by Crippen LogP contribution is -2.12. The second-order valence-corrected chi connectivity index (χ2v) is 5.87. The first-order valence-electron chi connectivity index (χ1n) is 5.30. The molecular weight excluding hydrogens is 256 g/mol. The van der Waals surface area contributed by atoms with Crippen LogP contribution in [0.2, 0.25) is 0 Å². The minimum Gasteiger partial charge on any atom is -0.469 e. The van der Waals surface area contributed by atoms with Crippen LogP contribution in [-0.4, -0.2) is 27.2 Å². The fourth-order valence-corrected chi connectivity index (χ4v) is 2.83. The number of benzene rings is 1. The summed E-state index contributed by atoms with van der Waals surface area (Å²) in [5.74, 6) is -0.800. The van der Waals surface area contributed by atoms with Crippen molar-refractivity contribution in [3.63, 3.8) is 0 Å². The highest BCUT2D eigenvalue weighted by molar-refractivity contribution is 7.91. The van der Waals surface area contributed by atoms with Crippen LogP contribution in [0.1, 0.15) is 6.42 Å². The molecule has 2 rings (SSSR count). The highest BCUT2D eigenvalue weighted by Gasteiger charge is 2.17. The van der Waals surface area contributed by atoms with Crippen molar-refractivity contribution in [1.29, 1.82) is 0 Å². The van der Waals surface area contributed by atoms with Gasteiger partial charge >= 0.3 is 5.97 Å². The molecule has 0 aliphatic carbocycles. The SMILES string of the molecule is COC(=O)CCS(=O)(=O)c1ccc2occc2c1. The maximum atomic E-state index is 12.0. The molecule has 0 N–H and O–H groups in total. The zero-order chi connectivity index (χ0) is 13.2. The summed E-state index contributed by atoms with van der Waals surface area (Å²) in [7, 11) is -2.25. The summed E-state index contributed by atoms with van der Waals surface area (Å²) in [5.41, 5.74) is 0.627. The number of sulfone groups is 1. The van der Waals surface area contributed by atoms with Gasteiger partial charge in [-0.05, 0) is 24.3 Å². The number of esters is 1. The third-order valence-corrected chi connectivity index (χ3v) is 4.30. The molecule has 0 radical (unpaired) electrons. The highest BCUT2D eigenvalue weighted by Crippen LogP contribution is 2.21. The van der Waals surface area contributed by atoms with Gasteiger partial charge in [-0.15, -0.1) is 0 Å². The fourth-order valence-electron chi connectivity index (χ4n) is 1.58. The van der Waals surface area contributed by atoms with Crippen LogP contribution in [-0.2, 0) is 19.4 Å².